The van der Waals surface area contributed by atoms with E-state index in [1.807, 2.05) is 23.0 Å². The summed E-state index contributed by atoms with van der Waals surface area (Å²) in [6, 6.07) is 11.8. The molecular formula is C36H35F3N8O5. The van der Waals surface area contributed by atoms with Gasteiger partial charge in [-0.1, -0.05) is 18.2 Å². The molecule has 1 saturated carbocycles. The molecule has 1 atom stereocenters. The number of carbonyl (C=O) groups excluding carboxylic acids is 3. The molecule has 2 aromatic carbocycles. The molecule has 5 aromatic rings. The van der Waals surface area contributed by atoms with Crippen LogP contribution in [0.1, 0.15) is 65.4 Å². The van der Waals surface area contributed by atoms with Gasteiger partial charge in [0.05, 0.1) is 35.4 Å². The number of fused-ring (bicyclic) bond motifs is 2. The molecule has 3 aliphatic rings. The maximum absolute atomic E-state index is 13.3. The number of para-hydroxylation sites is 1. The van der Waals surface area contributed by atoms with Gasteiger partial charge >= 0.3 is 11.9 Å². The zero-order valence-electron chi connectivity index (χ0n) is 28.3. The van der Waals surface area contributed by atoms with Crippen LogP contribution < -0.4 is 21.1 Å². The third-order valence-corrected chi connectivity index (χ3v) is 10.5. The number of pyridine rings is 1. The molecule has 52 heavy (non-hydrogen) atoms. The second kappa shape index (κ2) is 12.6. The van der Waals surface area contributed by atoms with Crippen molar-refractivity contribution in [1.82, 2.24) is 34.1 Å². The number of alkyl halides is 3. The first-order valence-electron chi connectivity index (χ1n) is 17.1. The normalized spacial score (nSPS) is 21.2. The predicted molar refractivity (Wildman–Crippen MR) is 183 cm³/mol. The Morgan fingerprint density at radius 2 is 1.85 bits per heavy atom. The second-order valence-electron chi connectivity index (χ2n) is 13.9. The minimum absolute atomic E-state index is 0.192. The van der Waals surface area contributed by atoms with Gasteiger partial charge in [0.1, 0.15) is 23.2 Å². The van der Waals surface area contributed by atoms with E-state index in [0.717, 1.165) is 61.1 Å². The first-order valence-corrected chi connectivity index (χ1v) is 17.1. The highest BCUT2D eigenvalue weighted by atomic mass is 19.4. The van der Waals surface area contributed by atoms with E-state index in [1.54, 1.807) is 23.7 Å². The number of amides is 3. The topological polar surface area (TPSA) is 145 Å². The van der Waals surface area contributed by atoms with Gasteiger partial charge in [-0.25, -0.2) is 9.78 Å². The van der Waals surface area contributed by atoms with E-state index < -0.39 is 29.7 Å². The summed E-state index contributed by atoms with van der Waals surface area (Å²) in [5, 5.41) is 10.5. The third-order valence-electron chi connectivity index (χ3n) is 10.5. The number of likely N-dealkylation sites (tertiary alicyclic amines) is 1. The van der Waals surface area contributed by atoms with Crippen LogP contribution in [0.3, 0.4) is 0 Å². The smallest absolute Gasteiger partial charge is 0.433 e. The molecule has 3 fully saturated rings. The molecule has 0 spiro atoms. The number of methoxy groups -OCH3 is 1. The molecule has 16 heteroatoms. The zero-order valence-corrected chi connectivity index (χ0v) is 28.3. The molecule has 1 aliphatic carbocycles. The van der Waals surface area contributed by atoms with Gasteiger partial charge in [0.2, 0.25) is 11.8 Å². The molecule has 2 saturated heterocycles. The number of halogens is 3. The molecule has 3 aromatic heterocycles. The number of rotatable bonds is 8. The van der Waals surface area contributed by atoms with Gasteiger partial charge in [0.15, 0.2) is 0 Å². The minimum Gasteiger partial charge on any atom is -0.494 e. The summed E-state index contributed by atoms with van der Waals surface area (Å²) in [4.78, 5) is 56.4. The van der Waals surface area contributed by atoms with Crippen molar-refractivity contribution in [3.63, 3.8) is 0 Å². The number of piperidine rings is 1. The van der Waals surface area contributed by atoms with Crippen molar-refractivity contribution in [2.24, 2.45) is 13.0 Å². The highest BCUT2D eigenvalue weighted by molar-refractivity contribution is 6.05. The van der Waals surface area contributed by atoms with Crippen LogP contribution in [-0.4, -0.2) is 73.3 Å². The minimum atomic E-state index is -4.67. The summed E-state index contributed by atoms with van der Waals surface area (Å²) in [7, 11) is 3.16. The Bertz CT molecular complexity index is 2320. The van der Waals surface area contributed by atoms with Crippen molar-refractivity contribution in [2.45, 2.75) is 49.9 Å². The van der Waals surface area contributed by atoms with Crippen molar-refractivity contribution in [3.8, 4) is 5.75 Å². The summed E-state index contributed by atoms with van der Waals surface area (Å²) in [6.45, 7) is 2.65. The number of nitrogens with one attached hydrogen (secondary N) is 2. The van der Waals surface area contributed by atoms with Crippen LogP contribution in [0.4, 0.5) is 18.9 Å². The zero-order chi connectivity index (χ0) is 36.5. The van der Waals surface area contributed by atoms with Crippen LogP contribution >= 0.6 is 0 Å². The Morgan fingerprint density at radius 3 is 2.58 bits per heavy atom. The van der Waals surface area contributed by atoms with Crippen molar-refractivity contribution >= 4 is 45.3 Å². The number of nitrogens with zero attached hydrogens (tertiary/aromatic N) is 6. The summed E-state index contributed by atoms with van der Waals surface area (Å²) in [6.07, 6.45) is -0.407. The second-order valence-corrected chi connectivity index (χ2v) is 13.9. The number of aromatic nitrogens is 5. The Balaban J connectivity index is 0.899. The van der Waals surface area contributed by atoms with Gasteiger partial charge in [-0.3, -0.25) is 33.5 Å². The fraction of sp³-hybridized carbons (Fsp3) is 0.389. The fourth-order valence-corrected chi connectivity index (χ4v) is 7.80. The van der Waals surface area contributed by atoms with E-state index in [4.69, 9.17) is 9.84 Å². The van der Waals surface area contributed by atoms with Crippen molar-refractivity contribution in [2.75, 3.05) is 32.1 Å². The molecule has 13 nitrogen and oxygen atoms in total. The van der Waals surface area contributed by atoms with Crippen LogP contribution in [0.5, 0.6) is 5.75 Å². The molecule has 5 heterocycles. The summed E-state index contributed by atoms with van der Waals surface area (Å²) in [5.41, 5.74) is 1.76. The number of hydrogen-bond donors (Lipinski definition) is 2. The third kappa shape index (κ3) is 5.89. The lowest BCUT2D eigenvalue weighted by Gasteiger charge is -2.45. The van der Waals surface area contributed by atoms with Crippen LogP contribution in [0.25, 0.3) is 21.9 Å². The number of aryl methyl sites for hydroxylation is 1. The molecule has 1 unspecified atom stereocenters. The van der Waals surface area contributed by atoms with E-state index in [2.05, 4.69) is 26.6 Å². The molecule has 0 radical (unpaired) electrons. The van der Waals surface area contributed by atoms with Crippen LogP contribution in [0.2, 0.25) is 0 Å². The molecule has 2 aliphatic heterocycles. The SMILES string of the molecule is COc1cc2nn([C@H]3C[C@H](CN4CC(c5cccc6c5n(C)c(=O)n6C5CCC(=O)NC5=O)C4)C3)cc2cc1NC(=O)c1cccc(C(F)(F)F)n1. The lowest BCUT2D eigenvalue weighted by molar-refractivity contribution is -0.141. The van der Waals surface area contributed by atoms with Crippen LogP contribution in [0, 0.1) is 5.92 Å². The van der Waals surface area contributed by atoms with Gasteiger partial charge in [-0.15, -0.1) is 0 Å². The predicted octanol–water partition coefficient (Wildman–Crippen LogP) is 4.39. The number of benzene rings is 2. The van der Waals surface area contributed by atoms with Crippen molar-refractivity contribution in [3.05, 3.63) is 82.2 Å². The average Bonchev–Trinajstić information content (AvgIpc) is 3.59. The number of ether oxygens (including phenoxy) is 1. The van der Waals surface area contributed by atoms with Crippen LogP contribution in [-0.2, 0) is 22.8 Å². The molecule has 0 bridgehead atoms. The lowest BCUT2D eigenvalue weighted by Crippen LogP contribution is -2.49. The van der Waals surface area contributed by atoms with E-state index in [9.17, 15) is 32.3 Å². The molecular weight excluding hydrogens is 681 g/mol. The van der Waals surface area contributed by atoms with E-state index in [1.165, 1.54) is 17.7 Å². The van der Waals surface area contributed by atoms with Crippen molar-refractivity contribution in [1.29, 1.82) is 0 Å². The standard InChI is InChI=1S/C36H35F3N8O5/c1-44-32-23(5-3-7-27(32)47(35(44)51)28-9-10-31(48)42-34(28)50)21-16-45(17-21)15-19-11-22(12-19)46-18-20-13-26(29(52-2)14-25(20)43-46)41-33(49)24-6-4-8-30(40-24)36(37,38)39/h3-8,13-14,18-19,21-22,28H,9-12,15-17H2,1-2H3,(H,41,49)(H,42,48,50)/t19-,22-,28?. The van der Waals surface area contributed by atoms with E-state index in [0.29, 0.717) is 34.8 Å². The maximum Gasteiger partial charge on any atom is 0.433 e. The highest BCUT2D eigenvalue weighted by Gasteiger charge is 2.38. The van der Waals surface area contributed by atoms with Crippen LogP contribution in [0.15, 0.2) is 59.5 Å². The number of hydrogen-bond acceptors (Lipinski definition) is 8. The quantitative estimate of drug-likeness (QED) is 0.225. The number of carbonyl (C=O) groups is 3. The van der Waals surface area contributed by atoms with E-state index >= 15 is 0 Å². The fourth-order valence-electron chi connectivity index (χ4n) is 7.80. The van der Waals surface area contributed by atoms with E-state index in [-0.39, 0.29) is 35.7 Å². The molecule has 8 rings (SSSR count). The molecule has 3 amide bonds. The summed E-state index contributed by atoms with van der Waals surface area (Å²) >= 11 is 0. The van der Waals surface area contributed by atoms with Gasteiger partial charge in [0, 0.05) is 56.7 Å². The number of imidazole rings is 1. The first-order chi connectivity index (χ1) is 24.9. The van der Waals surface area contributed by atoms with Gasteiger partial charge in [0.25, 0.3) is 5.91 Å². The molecule has 270 valence electrons. The number of imide groups is 1. The monoisotopic (exact) mass is 716 g/mol. The maximum atomic E-state index is 13.3. The van der Waals surface area contributed by atoms with Crippen molar-refractivity contribution < 1.29 is 32.3 Å². The molecule has 2 N–H and O–H groups in total. The van der Waals surface area contributed by atoms with Gasteiger partial charge in [-0.05, 0) is 55.0 Å². The average molecular weight is 717 g/mol. The Kier molecular flexibility index (Phi) is 8.16. The Hall–Kier alpha value is -5.51. The Labute approximate surface area is 294 Å². The Morgan fingerprint density at radius 1 is 1.08 bits per heavy atom. The largest absolute Gasteiger partial charge is 0.494 e. The van der Waals surface area contributed by atoms with Gasteiger partial charge < -0.3 is 15.0 Å². The number of anilines is 1. The van der Waals surface area contributed by atoms with Gasteiger partial charge in [-0.2, -0.15) is 18.3 Å². The summed E-state index contributed by atoms with van der Waals surface area (Å²) < 4.78 is 49.9. The first kappa shape index (κ1) is 33.6. The highest BCUT2D eigenvalue weighted by Crippen LogP contribution is 2.42. The lowest BCUT2D eigenvalue weighted by atomic mass is 9.78. The summed E-state index contributed by atoms with van der Waals surface area (Å²) in [5.74, 6) is -0.517.